The van der Waals surface area contributed by atoms with Gasteiger partial charge in [-0.3, -0.25) is 23.9 Å². The van der Waals surface area contributed by atoms with Crippen molar-refractivity contribution in [2.75, 3.05) is 6.26 Å². The Morgan fingerprint density at radius 3 is 2.27 bits per heavy atom. The van der Waals surface area contributed by atoms with Crippen LogP contribution in [0, 0.1) is 0 Å². The average molecular weight is 514 g/mol. The lowest BCUT2D eigenvalue weighted by Crippen LogP contribution is -2.21. The molecule has 5 aromatic rings. The van der Waals surface area contributed by atoms with Crippen LogP contribution in [-0.4, -0.2) is 39.7 Å². The van der Waals surface area contributed by atoms with Crippen LogP contribution in [0.2, 0.25) is 0 Å². The van der Waals surface area contributed by atoms with Gasteiger partial charge in [-0.2, -0.15) is 0 Å². The van der Waals surface area contributed by atoms with Crippen molar-refractivity contribution >= 4 is 37.7 Å². The number of hydrogen-bond donors (Lipinski definition) is 1. The van der Waals surface area contributed by atoms with Crippen molar-refractivity contribution in [2.24, 2.45) is 12.8 Å². The number of benzene rings is 2. The molecule has 0 bridgehead atoms. The van der Waals surface area contributed by atoms with Crippen molar-refractivity contribution in [2.45, 2.75) is 17.6 Å². The van der Waals surface area contributed by atoms with Gasteiger partial charge in [0.2, 0.25) is 0 Å². The molecule has 1 fully saturated rings. The summed E-state index contributed by atoms with van der Waals surface area (Å²) in [7, 11) is -1.54. The highest BCUT2D eigenvalue weighted by atomic mass is 32.2. The topological polar surface area (TPSA) is 130 Å². The van der Waals surface area contributed by atoms with Gasteiger partial charge in [-0.25, -0.2) is 13.2 Å². The number of rotatable bonds is 5. The Balaban J connectivity index is 1.54. The second-order valence-corrected chi connectivity index (χ2v) is 11.8. The SMILES string of the molecule is Cn1c(=O)n(-c2ccc(C3(S(C)(=O)=O)CC3)cc2)c2c3cc(-c4ccc(C(N)=O)nc4)ccc3ncc21. The molecular formula is C27H23N5O4S. The lowest BCUT2D eigenvalue weighted by molar-refractivity contribution is 0.0995. The highest BCUT2D eigenvalue weighted by Crippen LogP contribution is 2.52. The van der Waals surface area contributed by atoms with Gasteiger partial charge in [-0.05, 0) is 54.3 Å². The third kappa shape index (κ3) is 3.47. The Labute approximate surface area is 212 Å². The molecule has 3 aromatic heterocycles. The average Bonchev–Trinajstić information content (AvgIpc) is 3.67. The normalized spacial score (nSPS) is 14.8. The number of imidazole rings is 1. The molecule has 1 amide bonds. The van der Waals surface area contributed by atoms with Crippen LogP contribution in [-0.2, 0) is 21.6 Å². The van der Waals surface area contributed by atoms with Gasteiger partial charge in [-0.15, -0.1) is 0 Å². The molecule has 9 nitrogen and oxygen atoms in total. The summed E-state index contributed by atoms with van der Waals surface area (Å²) in [5, 5.41) is 0.769. The van der Waals surface area contributed by atoms with Crippen molar-refractivity contribution in [3.63, 3.8) is 0 Å². The minimum Gasteiger partial charge on any atom is -0.364 e. The fraction of sp³-hybridized carbons (Fsp3) is 0.185. The molecule has 6 rings (SSSR count). The number of amides is 1. The molecule has 0 unspecified atom stereocenters. The fourth-order valence-electron chi connectivity index (χ4n) is 5.03. The zero-order chi connectivity index (χ0) is 26.1. The van der Waals surface area contributed by atoms with Gasteiger partial charge in [0.05, 0.1) is 33.2 Å². The van der Waals surface area contributed by atoms with Gasteiger partial charge in [0, 0.05) is 30.4 Å². The number of carbonyl (C=O) groups is 1. The monoisotopic (exact) mass is 513 g/mol. The van der Waals surface area contributed by atoms with Crippen LogP contribution < -0.4 is 11.4 Å². The van der Waals surface area contributed by atoms with Gasteiger partial charge in [-0.1, -0.05) is 24.3 Å². The van der Waals surface area contributed by atoms with Crippen molar-refractivity contribution in [1.29, 1.82) is 0 Å². The van der Waals surface area contributed by atoms with E-state index in [0.29, 0.717) is 35.1 Å². The number of aryl methyl sites for hydroxylation is 1. The number of fused-ring (bicyclic) bond motifs is 3. The van der Waals surface area contributed by atoms with E-state index in [9.17, 15) is 18.0 Å². The highest BCUT2D eigenvalue weighted by molar-refractivity contribution is 7.92. The number of pyridine rings is 2. The van der Waals surface area contributed by atoms with Crippen LogP contribution in [0.3, 0.4) is 0 Å². The summed E-state index contributed by atoms with van der Waals surface area (Å²) in [6.45, 7) is 0. The Hall–Kier alpha value is -4.31. The number of nitrogens with zero attached hydrogens (tertiary/aromatic N) is 4. The molecule has 1 aliphatic rings. The number of carbonyl (C=O) groups excluding carboxylic acids is 1. The van der Waals surface area contributed by atoms with Gasteiger partial charge >= 0.3 is 5.69 Å². The maximum absolute atomic E-state index is 13.4. The molecule has 37 heavy (non-hydrogen) atoms. The standard InChI is InChI=1S/C27H23N5O4S/c1-31-23-15-30-21-9-3-16(17-4-10-22(25(28)33)29-14-17)13-20(21)24(23)32(26(31)34)19-7-5-18(6-8-19)27(11-12-27)37(2,35)36/h3-10,13-15H,11-12H2,1-2H3,(H2,28,33). The van der Waals surface area contributed by atoms with Crippen LogP contribution in [0.5, 0.6) is 0 Å². The van der Waals surface area contributed by atoms with Crippen molar-refractivity contribution < 1.29 is 13.2 Å². The Kier molecular flexibility index (Phi) is 4.90. The van der Waals surface area contributed by atoms with Crippen LogP contribution in [0.15, 0.2) is 71.8 Å². The van der Waals surface area contributed by atoms with E-state index in [1.165, 1.54) is 6.26 Å². The quantitative estimate of drug-likeness (QED) is 0.384. The minimum atomic E-state index is -3.24. The Morgan fingerprint density at radius 1 is 0.973 bits per heavy atom. The molecule has 0 atom stereocenters. The molecule has 1 saturated carbocycles. The second-order valence-electron chi connectivity index (χ2n) is 9.51. The number of hydrogen-bond acceptors (Lipinski definition) is 6. The molecule has 2 N–H and O–H groups in total. The van der Waals surface area contributed by atoms with Crippen molar-refractivity contribution in [1.82, 2.24) is 19.1 Å². The van der Waals surface area contributed by atoms with E-state index in [4.69, 9.17) is 5.73 Å². The molecule has 0 spiro atoms. The number of sulfone groups is 1. The Morgan fingerprint density at radius 2 is 1.68 bits per heavy atom. The molecule has 3 heterocycles. The largest absolute Gasteiger partial charge is 0.364 e. The van der Waals surface area contributed by atoms with E-state index < -0.39 is 20.5 Å². The molecular weight excluding hydrogens is 490 g/mol. The van der Waals surface area contributed by atoms with Crippen molar-refractivity contribution in [3.05, 3.63) is 88.7 Å². The van der Waals surface area contributed by atoms with E-state index in [0.717, 1.165) is 22.1 Å². The van der Waals surface area contributed by atoms with E-state index in [1.54, 1.807) is 65.0 Å². The molecule has 0 radical (unpaired) electrons. The predicted molar refractivity (Wildman–Crippen MR) is 141 cm³/mol. The molecule has 0 aliphatic heterocycles. The summed E-state index contributed by atoms with van der Waals surface area (Å²) in [5.41, 5.74) is 10.3. The lowest BCUT2D eigenvalue weighted by atomic mass is 10.0. The second kappa shape index (κ2) is 7.84. The molecule has 1 aliphatic carbocycles. The molecule has 0 saturated heterocycles. The number of nitrogens with two attached hydrogens (primary N) is 1. The maximum Gasteiger partial charge on any atom is 0.333 e. The molecule has 10 heteroatoms. The zero-order valence-electron chi connectivity index (χ0n) is 20.2. The molecule has 2 aromatic carbocycles. The van der Waals surface area contributed by atoms with Crippen molar-refractivity contribution in [3.8, 4) is 16.8 Å². The fourth-order valence-corrected chi connectivity index (χ4v) is 6.44. The van der Waals surface area contributed by atoms with Gasteiger partial charge in [0.25, 0.3) is 5.91 Å². The number of aromatic nitrogens is 4. The maximum atomic E-state index is 13.4. The molecule has 186 valence electrons. The first-order chi connectivity index (χ1) is 17.6. The summed E-state index contributed by atoms with van der Waals surface area (Å²) in [5.74, 6) is -0.598. The van der Waals surface area contributed by atoms with E-state index in [2.05, 4.69) is 9.97 Å². The van der Waals surface area contributed by atoms with E-state index >= 15 is 0 Å². The van der Waals surface area contributed by atoms with Crippen LogP contribution in [0.25, 0.3) is 38.8 Å². The summed E-state index contributed by atoms with van der Waals surface area (Å²) in [4.78, 5) is 33.5. The van der Waals surface area contributed by atoms with Crippen LogP contribution in [0.4, 0.5) is 0 Å². The Bertz CT molecular complexity index is 1900. The first kappa shape index (κ1) is 23.1. The van der Waals surface area contributed by atoms with Gasteiger partial charge in [0.1, 0.15) is 5.69 Å². The smallest absolute Gasteiger partial charge is 0.333 e. The summed E-state index contributed by atoms with van der Waals surface area (Å²) < 4.78 is 27.1. The van der Waals surface area contributed by atoms with E-state index in [1.807, 2.05) is 18.2 Å². The summed E-state index contributed by atoms with van der Waals surface area (Å²) in [6.07, 6.45) is 5.75. The first-order valence-electron chi connectivity index (χ1n) is 11.7. The summed E-state index contributed by atoms with van der Waals surface area (Å²) in [6, 6.07) is 16.3. The first-order valence-corrected chi connectivity index (χ1v) is 13.6. The number of primary amides is 1. The van der Waals surface area contributed by atoms with Gasteiger partial charge in [0.15, 0.2) is 9.84 Å². The highest BCUT2D eigenvalue weighted by Gasteiger charge is 2.53. The van der Waals surface area contributed by atoms with Crippen LogP contribution in [0.1, 0.15) is 28.9 Å². The van der Waals surface area contributed by atoms with Crippen LogP contribution >= 0.6 is 0 Å². The zero-order valence-corrected chi connectivity index (χ0v) is 21.0. The third-order valence-electron chi connectivity index (χ3n) is 7.30. The van der Waals surface area contributed by atoms with Gasteiger partial charge < -0.3 is 5.73 Å². The lowest BCUT2D eigenvalue weighted by Gasteiger charge is -2.14. The summed E-state index contributed by atoms with van der Waals surface area (Å²) >= 11 is 0. The third-order valence-corrected chi connectivity index (χ3v) is 9.36. The predicted octanol–water partition coefficient (Wildman–Crippen LogP) is 3.07. The minimum absolute atomic E-state index is 0.179. The van der Waals surface area contributed by atoms with E-state index in [-0.39, 0.29) is 11.4 Å².